The van der Waals surface area contributed by atoms with E-state index in [4.69, 9.17) is 9.47 Å². The van der Waals surface area contributed by atoms with Crippen LogP contribution in [0.15, 0.2) is 24.4 Å². The zero-order valence-electron chi connectivity index (χ0n) is 17.5. The number of ether oxygens (including phenoxy) is 2. The molecule has 2 aromatic heterocycles. The highest BCUT2D eigenvalue weighted by Gasteiger charge is 2.17. The number of aryl methyl sites for hydroxylation is 1. The van der Waals surface area contributed by atoms with Gasteiger partial charge in [-0.3, -0.25) is 4.40 Å². The molecule has 9 heteroatoms. The minimum Gasteiger partial charge on any atom is -0.496 e. The smallest absolute Gasteiger partial charge is 0.321 e. The molecule has 0 aliphatic heterocycles. The first-order chi connectivity index (χ1) is 13.9. The van der Waals surface area contributed by atoms with E-state index in [0.717, 1.165) is 16.7 Å². The minimum absolute atomic E-state index is 0.246. The Morgan fingerprint density at radius 1 is 1.10 bits per heavy atom. The van der Waals surface area contributed by atoms with Crippen LogP contribution in [0.3, 0.4) is 0 Å². The molecule has 2 amide bonds. The van der Waals surface area contributed by atoms with Crippen molar-refractivity contribution in [3.05, 3.63) is 35.8 Å². The summed E-state index contributed by atoms with van der Waals surface area (Å²) in [5.74, 6) is 2.15. The summed E-state index contributed by atoms with van der Waals surface area (Å²) in [6.07, 6.45) is 1.93. The van der Waals surface area contributed by atoms with E-state index in [1.165, 1.54) is 4.90 Å². The van der Waals surface area contributed by atoms with E-state index < -0.39 is 0 Å². The van der Waals surface area contributed by atoms with Gasteiger partial charge in [0, 0.05) is 38.0 Å². The third-order valence-corrected chi connectivity index (χ3v) is 4.62. The second kappa shape index (κ2) is 8.36. The first-order valence-corrected chi connectivity index (χ1v) is 9.13. The lowest BCUT2D eigenvalue weighted by atomic mass is 10.0. The number of aromatic nitrogens is 3. The first-order valence-electron chi connectivity index (χ1n) is 9.13. The van der Waals surface area contributed by atoms with Crippen molar-refractivity contribution >= 4 is 17.4 Å². The monoisotopic (exact) mass is 398 g/mol. The van der Waals surface area contributed by atoms with Gasteiger partial charge in [0.25, 0.3) is 0 Å². The van der Waals surface area contributed by atoms with Crippen LogP contribution in [0.4, 0.5) is 10.5 Å². The van der Waals surface area contributed by atoms with Crippen molar-refractivity contribution in [1.82, 2.24) is 24.8 Å². The van der Waals surface area contributed by atoms with Crippen LogP contribution in [-0.4, -0.2) is 60.9 Å². The molecule has 29 heavy (non-hydrogen) atoms. The van der Waals surface area contributed by atoms with Crippen LogP contribution < -0.4 is 20.1 Å². The molecule has 9 nitrogen and oxygen atoms in total. The summed E-state index contributed by atoms with van der Waals surface area (Å²) in [5.41, 5.74) is 3.83. The number of benzene rings is 1. The molecule has 2 N–H and O–H groups in total. The maximum absolute atomic E-state index is 12.2. The molecule has 0 bridgehead atoms. The molecule has 0 atom stereocenters. The molecule has 0 saturated heterocycles. The molecule has 0 fully saturated rings. The highest BCUT2D eigenvalue weighted by Crippen LogP contribution is 2.36. The third kappa shape index (κ3) is 3.95. The number of fused-ring (bicyclic) bond motifs is 1. The maximum atomic E-state index is 12.2. The number of amides is 2. The van der Waals surface area contributed by atoms with Gasteiger partial charge in [-0.1, -0.05) is 0 Å². The molecule has 2 heterocycles. The molecule has 0 spiro atoms. The van der Waals surface area contributed by atoms with E-state index in [1.807, 2.05) is 42.8 Å². The van der Waals surface area contributed by atoms with Crippen LogP contribution in [0, 0.1) is 6.92 Å². The van der Waals surface area contributed by atoms with Crippen molar-refractivity contribution in [2.75, 3.05) is 40.7 Å². The van der Waals surface area contributed by atoms with Gasteiger partial charge in [0.15, 0.2) is 5.65 Å². The molecule has 1 aromatic carbocycles. The molecule has 3 rings (SSSR count). The Kier molecular flexibility index (Phi) is 5.88. The maximum Gasteiger partial charge on any atom is 0.321 e. The van der Waals surface area contributed by atoms with Gasteiger partial charge in [-0.2, -0.15) is 0 Å². The van der Waals surface area contributed by atoms with Gasteiger partial charge in [-0.25, -0.2) is 4.79 Å². The molecule has 154 valence electrons. The number of methoxy groups -OCH3 is 2. The van der Waals surface area contributed by atoms with Crippen LogP contribution >= 0.6 is 0 Å². The number of hydrogen-bond acceptors (Lipinski definition) is 6. The molecule has 3 aromatic rings. The first kappa shape index (κ1) is 20.4. The largest absolute Gasteiger partial charge is 0.496 e. The number of carbonyl (C=O) groups is 1. The second-order valence-corrected chi connectivity index (χ2v) is 6.80. The summed E-state index contributed by atoms with van der Waals surface area (Å²) in [4.78, 5) is 13.7. The Morgan fingerprint density at radius 3 is 2.31 bits per heavy atom. The number of hydrogen-bond donors (Lipinski definition) is 2. The van der Waals surface area contributed by atoms with E-state index in [0.29, 0.717) is 35.2 Å². The Balaban J connectivity index is 2.19. The molecule has 0 saturated carbocycles. The highest BCUT2D eigenvalue weighted by atomic mass is 16.5. The van der Waals surface area contributed by atoms with Crippen molar-refractivity contribution in [2.24, 2.45) is 0 Å². The molecule has 0 unspecified atom stereocenters. The van der Waals surface area contributed by atoms with Gasteiger partial charge < -0.3 is 25.0 Å². The molecule has 0 aliphatic carbocycles. The van der Waals surface area contributed by atoms with E-state index in [-0.39, 0.29) is 6.03 Å². The van der Waals surface area contributed by atoms with Crippen molar-refractivity contribution in [2.45, 2.75) is 13.5 Å². The van der Waals surface area contributed by atoms with Gasteiger partial charge in [-0.15, -0.1) is 10.2 Å². The van der Waals surface area contributed by atoms with Crippen molar-refractivity contribution in [3.63, 3.8) is 0 Å². The molecule has 0 radical (unpaired) electrons. The summed E-state index contributed by atoms with van der Waals surface area (Å²) in [6.45, 7) is 2.47. The Bertz CT molecular complexity index is 1020. The van der Waals surface area contributed by atoms with Gasteiger partial charge in [0.1, 0.15) is 17.3 Å². The highest BCUT2D eigenvalue weighted by molar-refractivity contribution is 5.94. The quantitative estimate of drug-likeness (QED) is 0.663. The lowest BCUT2D eigenvalue weighted by Gasteiger charge is -2.17. The van der Waals surface area contributed by atoms with E-state index in [1.54, 1.807) is 28.3 Å². The van der Waals surface area contributed by atoms with Crippen molar-refractivity contribution in [1.29, 1.82) is 0 Å². The lowest BCUT2D eigenvalue weighted by molar-refractivity contribution is 0.230. The average molecular weight is 398 g/mol. The SMILES string of the molecule is CNCc1c(OC)cc(-c2cc(NC(=O)N(C)C)c3nnc(C)n3c2)cc1OC. The summed E-state index contributed by atoms with van der Waals surface area (Å²) in [7, 11) is 8.50. The Morgan fingerprint density at radius 2 is 1.76 bits per heavy atom. The van der Waals surface area contributed by atoms with Crippen LogP contribution in [0.5, 0.6) is 11.5 Å². The average Bonchev–Trinajstić information content (AvgIpc) is 3.09. The number of rotatable bonds is 6. The van der Waals surface area contributed by atoms with Gasteiger partial charge in [-0.05, 0) is 37.7 Å². The molecular formula is C20H26N6O3. The fourth-order valence-corrected chi connectivity index (χ4v) is 3.08. The van der Waals surface area contributed by atoms with Gasteiger partial charge >= 0.3 is 6.03 Å². The predicted molar refractivity (Wildman–Crippen MR) is 112 cm³/mol. The zero-order valence-corrected chi connectivity index (χ0v) is 17.5. The van der Waals surface area contributed by atoms with E-state index in [9.17, 15) is 4.79 Å². The normalized spacial score (nSPS) is 10.8. The number of carbonyl (C=O) groups excluding carboxylic acids is 1. The minimum atomic E-state index is -0.246. The standard InChI is InChI=1S/C20H26N6O3/c1-12-23-24-19-16(22-20(27)25(3)4)7-14(11-26(12)19)13-8-17(28-5)15(10-21-2)18(9-13)29-6/h7-9,11,21H,10H2,1-6H3,(H,22,27). The molecular weight excluding hydrogens is 372 g/mol. The number of nitrogens with zero attached hydrogens (tertiary/aromatic N) is 4. The van der Waals surface area contributed by atoms with E-state index in [2.05, 4.69) is 20.8 Å². The predicted octanol–water partition coefficient (Wildman–Crippen LogP) is 2.53. The fraction of sp³-hybridized carbons (Fsp3) is 0.350. The summed E-state index contributed by atoms with van der Waals surface area (Å²) in [6, 6.07) is 5.53. The summed E-state index contributed by atoms with van der Waals surface area (Å²) >= 11 is 0. The lowest BCUT2D eigenvalue weighted by Crippen LogP contribution is -2.27. The number of nitrogens with one attached hydrogen (secondary N) is 2. The Hall–Kier alpha value is -3.33. The van der Waals surface area contributed by atoms with Gasteiger partial charge in [0.05, 0.1) is 19.9 Å². The summed E-state index contributed by atoms with van der Waals surface area (Å²) < 4.78 is 13.0. The van der Waals surface area contributed by atoms with Crippen LogP contribution in [0.2, 0.25) is 0 Å². The summed E-state index contributed by atoms with van der Waals surface area (Å²) in [5, 5.41) is 14.4. The number of pyridine rings is 1. The van der Waals surface area contributed by atoms with Gasteiger partial charge in [0.2, 0.25) is 0 Å². The Labute approximate surface area is 169 Å². The van der Waals surface area contributed by atoms with Crippen LogP contribution in [0.1, 0.15) is 11.4 Å². The third-order valence-electron chi connectivity index (χ3n) is 4.62. The fourth-order valence-electron chi connectivity index (χ4n) is 3.08. The van der Waals surface area contributed by atoms with E-state index >= 15 is 0 Å². The van der Waals surface area contributed by atoms with Crippen LogP contribution in [-0.2, 0) is 6.54 Å². The topological polar surface area (TPSA) is 93.0 Å². The number of urea groups is 1. The molecule has 0 aliphatic rings. The number of anilines is 1. The van der Waals surface area contributed by atoms with Crippen LogP contribution in [0.25, 0.3) is 16.8 Å². The second-order valence-electron chi connectivity index (χ2n) is 6.80. The van der Waals surface area contributed by atoms with Crippen molar-refractivity contribution in [3.8, 4) is 22.6 Å². The zero-order chi connectivity index (χ0) is 21.1. The van der Waals surface area contributed by atoms with Crippen molar-refractivity contribution < 1.29 is 14.3 Å².